The summed E-state index contributed by atoms with van der Waals surface area (Å²) >= 11 is 0. The molecule has 136 valence electrons. The summed E-state index contributed by atoms with van der Waals surface area (Å²) in [6.07, 6.45) is 9.93. The van der Waals surface area contributed by atoms with Crippen molar-refractivity contribution in [3.63, 3.8) is 0 Å². The summed E-state index contributed by atoms with van der Waals surface area (Å²) in [7, 11) is -2.48. The molecule has 1 heterocycles. The van der Waals surface area contributed by atoms with E-state index in [4.69, 9.17) is 13.3 Å². The van der Waals surface area contributed by atoms with Gasteiger partial charge in [-0.15, -0.1) is 0 Å². The first-order valence-electron chi connectivity index (χ1n) is 8.66. The molecule has 7 heteroatoms. The maximum absolute atomic E-state index is 5.89. The van der Waals surface area contributed by atoms with E-state index in [-0.39, 0.29) is 17.0 Å². The molecule has 0 unspecified atom stereocenters. The van der Waals surface area contributed by atoms with Gasteiger partial charge in [0.05, 0.1) is 13.1 Å². The molecule has 0 fully saturated rings. The lowest BCUT2D eigenvalue weighted by Gasteiger charge is -2.28. The van der Waals surface area contributed by atoms with Gasteiger partial charge in [-0.1, -0.05) is 13.3 Å². The van der Waals surface area contributed by atoms with Crippen LogP contribution in [-0.4, -0.2) is 33.2 Å². The highest BCUT2D eigenvalue weighted by Crippen LogP contribution is 2.18. The maximum Gasteiger partial charge on any atom is 0.501 e. The molecule has 0 bridgehead atoms. The van der Waals surface area contributed by atoms with E-state index in [9.17, 15) is 0 Å². The average molecular weight is 409 g/mol. The van der Waals surface area contributed by atoms with Gasteiger partial charge >= 0.3 is 8.80 Å². The Hall–Kier alpha value is -0.213. The lowest BCUT2D eigenvalue weighted by Crippen LogP contribution is -3.00. The van der Waals surface area contributed by atoms with Crippen LogP contribution in [0.15, 0.2) is 18.7 Å². The minimum atomic E-state index is -2.48. The summed E-state index contributed by atoms with van der Waals surface area (Å²) < 4.78 is 22.1. The van der Waals surface area contributed by atoms with Gasteiger partial charge in [-0.3, -0.25) is 0 Å². The Bertz CT molecular complexity index is 387. The molecule has 0 aliphatic heterocycles. The Morgan fingerprint density at radius 2 is 1.57 bits per heavy atom. The quantitative estimate of drug-likeness (QED) is 0.341. The summed E-state index contributed by atoms with van der Waals surface area (Å²) in [6.45, 7) is 12.2. The highest BCUT2D eigenvalue weighted by Gasteiger charge is 2.39. The first-order chi connectivity index (χ1) is 10.7. The van der Waals surface area contributed by atoms with Gasteiger partial charge in [-0.2, -0.15) is 0 Å². The Kier molecular flexibility index (Phi) is 13.0. The Morgan fingerprint density at radius 1 is 0.957 bits per heavy atom. The van der Waals surface area contributed by atoms with E-state index in [0.29, 0.717) is 19.8 Å². The zero-order chi connectivity index (χ0) is 16.3. The number of imidazole rings is 1. The largest absolute Gasteiger partial charge is 1.00 e. The SMILES string of the molecule is CCCCn1cc[n+](CCC[Si](OCC)(OCC)OCC)c1.[Br-]. The Balaban J connectivity index is 0.00000484. The molecule has 23 heavy (non-hydrogen) atoms. The second kappa shape index (κ2) is 13.1. The molecule has 0 amide bonds. The summed E-state index contributed by atoms with van der Waals surface area (Å²) in [4.78, 5) is 0. The molecule has 1 aromatic rings. The minimum Gasteiger partial charge on any atom is -1.00 e. The van der Waals surface area contributed by atoms with Crippen LogP contribution < -0.4 is 21.5 Å². The van der Waals surface area contributed by atoms with Crippen molar-refractivity contribution in [2.75, 3.05) is 19.8 Å². The highest BCUT2D eigenvalue weighted by molar-refractivity contribution is 6.60. The maximum atomic E-state index is 5.89. The number of aryl methyl sites for hydroxylation is 2. The standard InChI is InChI=1S/C16H33N2O3Si.BrH/c1-5-9-11-17-13-14-18(16-17)12-10-15-22(19-6-2,20-7-3)21-8-4;/h13-14,16H,5-12,15H2,1-4H3;1H/q+1;/p-1. The number of nitrogens with zero attached hydrogens (tertiary/aromatic N) is 2. The monoisotopic (exact) mass is 408 g/mol. The van der Waals surface area contributed by atoms with Crippen LogP contribution in [-0.2, 0) is 26.4 Å². The predicted octanol–water partition coefficient (Wildman–Crippen LogP) is 0.0182. The second-order valence-electron chi connectivity index (χ2n) is 5.33. The number of rotatable bonds is 13. The molecule has 0 N–H and O–H groups in total. The van der Waals surface area contributed by atoms with E-state index in [2.05, 4.69) is 34.8 Å². The number of aromatic nitrogens is 2. The van der Waals surface area contributed by atoms with E-state index in [1.54, 1.807) is 0 Å². The normalized spacial score (nSPS) is 11.5. The third kappa shape index (κ3) is 8.44. The molecule has 1 rings (SSSR count). The van der Waals surface area contributed by atoms with Crippen molar-refractivity contribution in [3.8, 4) is 0 Å². The van der Waals surface area contributed by atoms with E-state index < -0.39 is 8.80 Å². The van der Waals surface area contributed by atoms with Crippen LogP contribution in [0.5, 0.6) is 0 Å². The van der Waals surface area contributed by atoms with Crippen molar-refractivity contribution in [3.05, 3.63) is 18.7 Å². The fraction of sp³-hybridized carbons (Fsp3) is 0.812. The zero-order valence-corrected chi connectivity index (χ0v) is 17.7. The molecule has 0 aromatic carbocycles. The Morgan fingerprint density at radius 3 is 2.09 bits per heavy atom. The first kappa shape index (κ1) is 22.8. The van der Waals surface area contributed by atoms with Gasteiger partial charge in [0.2, 0.25) is 6.33 Å². The fourth-order valence-electron chi connectivity index (χ4n) is 2.52. The smallest absolute Gasteiger partial charge is 0.501 e. The van der Waals surface area contributed by atoms with Gasteiger partial charge in [0.1, 0.15) is 12.4 Å². The summed E-state index contributed by atoms with van der Waals surface area (Å²) in [5.41, 5.74) is 0. The van der Waals surface area contributed by atoms with Gasteiger partial charge in [0.25, 0.3) is 0 Å². The average Bonchev–Trinajstić information content (AvgIpc) is 2.94. The van der Waals surface area contributed by atoms with Gasteiger partial charge in [-0.05, 0) is 33.6 Å². The van der Waals surface area contributed by atoms with Crippen LogP contribution in [0.25, 0.3) is 0 Å². The van der Waals surface area contributed by atoms with Crippen molar-refractivity contribution in [1.82, 2.24) is 4.57 Å². The molecule has 0 spiro atoms. The molecule has 0 aliphatic carbocycles. The van der Waals surface area contributed by atoms with Crippen LogP contribution in [0.3, 0.4) is 0 Å². The molecular weight excluding hydrogens is 376 g/mol. The third-order valence-corrected chi connectivity index (χ3v) is 6.66. The molecular formula is C16H33BrN2O3Si. The second-order valence-corrected chi connectivity index (χ2v) is 8.06. The van der Waals surface area contributed by atoms with Crippen LogP contribution in [0.1, 0.15) is 47.0 Å². The lowest BCUT2D eigenvalue weighted by molar-refractivity contribution is -0.696. The molecule has 1 aromatic heterocycles. The molecule has 0 saturated heterocycles. The van der Waals surface area contributed by atoms with Crippen molar-refractivity contribution in [2.24, 2.45) is 0 Å². The predicted molar refractivity (Wildman–Crippen MR) is 89.6 cm³/mol. The van der Waals surface area contributed by atoms with Crippen molar-refractivity contribution >= 4 is 8.80 Å². The number of unbranched alkanes of at least 4 members (excludes halogenated alkanes) is 1. The molecule has 0 radical (unpaired) electrons. The third-order valence-electron chi connectivity index (χ3n) is 3.51. The van der Waals surface area contributed by atoms with E-state index in [1.165, 1.54) is 12.8 Å². The highest BCUT2D eigenvalue weighted by atomic mass is 79.9. The van der Waals surface area contributed by atoms with Crippen LogP contribution >= 0.6 is 0 Å². The minimum absolute atomic E-state index is 0. The van der Waals surface area contributed by atoms with Crippen LogP contribution in [0.4, 0.5) is 0 Å². The summed E-state index contributed by atoms with van der Waals surface area (Å²) in [5, 5.41) is 0. The Labute approximate surface area is 153 Å². The van der Waals surface area contributed by atoms with E-state index >= 15 is 0 Å². The molecule has 0 atom stereocenters. The van der Waals surface area contributed by atoms with Crippen molar-refractivity contribution in [1.29, 1.82) is 0 Å². The fourth-order valence-corrected chi connectivity index (χ4v) is 5.12. The first-order valence-corrected chi connectivity index (χ1v) is 10.6. The van der Waals surface area contributed by atoms with Crippen LogP contribution in [0, 0.1) is 0 Å². The number of hydrogen-bond donors (Lipinski definition) is 0. The summed E-state index contributed by atoms with van der Waals surface area (Å²) in [6, 6.07) is 0.871. The van der Waals surface area contributed by atoms with Crippen molar-refractivity contribution in [2.45, 2.75) is 66.1 Å². The summed E-state index contributed by atoms with van der Waals surface area (Å²) in [5.74, 6) is 0. The van der Waals surface area contributed by atoms with E-state index in [1.807, 2.05) is 20.8 Å². The zero-order valence-electron chi connectivity index (χ0n) is 15.1. The van der Waals surface area contributed by atoms with Gasteiger partial charge < -0.3 is 30.3 Å². The molecule has 5 nitrogen and oxygen atoms in total. The van der Waals surface area contributed by atoms with Crippen LogP contribution in [0.2, 0.25) is 6.04 Å². The lowest BCUT2D eigenvalue weighted by atomic mass is 10.3. The topological polar surface area (TPSA) is 36.5 Å². The molecule has 0 saturated carbocycles. The van der Waals surface area contributed by atoms with Crippen molar-refractivity contribution < 1.29 is 34.8 Å². The van der Waals surface area contributed by atoms with Gasteiger partial charge in [0.15, 0.2) is 0 Å². The van der Waals surface area contributed by atoms with E-state index in [0.717, 1.165) is 25.6 Å². The molecule has 0 aliphatic rings. The number of halogens is 1. The number of hydrogen-bond acceptors (Lipinski definition) is 3. The van der Waals surface area contributed by atoms with Gasteiger partial charge in [0, 0.05) is 25.9 Å². The van der Waals surface area contributed by atoms with Gasteiger partial charge in [-0.25, -0.2) is 9.13 Å².